The van der Waals surface area contributed by atoms with Crippen LogP contribution in [-0.2, 0) is 0 Å². The predicted molar refractivity (Wildman–Crippen MR) is 67.4 cm³/mol. The second-order valence-corrected chi connectivity index (χ2v) is 4.40. The number of aromatic carboxylic acids is 1. The lowest BCUT2D eigenvalue weighted by atomic mass is 10.1. The molecule has 2 N–H and O–H groups in total. The van der Waals surface area contributed by atoms with E-state index in [4.69, 9.17) is 14.9 Å². The van der Waals surface area contributed by atoms with Gasteiger partial charge in [-0.3, -0.25) is 0 Å². The van der Waals surface area contributed by atoms with Crippen LogP contribution in [0.25, 0.3) is 0 Å². The number of benzene rings is 1. The zero-order valence-electron chi connectivity index (χ0n) is 10.3. The van der Waals surface area contributed by atoms with E-state index < -0.39 is 5.97 Å². The van der Waals surface area contributed by atoms with Gasteiger partial charge in [0.05, 0.1) is 11.7 Å². The zero-order chi connectivity index (χ0) is 13.1. The number of hydrogen-bond acceptors (Lipinski definition) is 4. The van der Waals surface area contributed by atoms with Crippen molar-refractivity contribution < 1.29 is 19.7 Å². The molecule has 5 nitrogen and oxygen atoms in total. The summed E-state index contributed by atoms with van der Waals surface area (Å²) in [6.45, 7) is 0.611. The number of anilines is 1. The van der Waals surface area contributed by atoms with Gasteiger partial charge in [-0.25, -0.2) is 4.79 Å². The Morgan fingerprint density at radius 2 is 2.33 bits per heavy atom. The van der Waals surface area contributed by atoms with Gasteiger partial charge in [0.1, 0.15) is 12.2 Å². The Kier molecular flexibility index (Phi) is 3.72. The molecule has 1 aromatic rings. The van der Waals surface area contributed by atoms with Crippen LogP contribution in [0, 0.1) is 0 Å². The van der Waals surface area contributed by atoms with Crippen LogP contribution in [0.5, 0.6) is 5.75 Å². The Balaban J connectivity index is 2.27. The molecule has 5 heteroatoms. The van der Waals surface area contributed by atoms with E-state index in [0.717, 1.165) is 12.1 Å². The number of carbonyl (C=O) groups is 1. The van der Waals surface area contributed by atoms with Gasteiger partial charge in [-0.15, -0.1) is 0 Å². The van der Waals surface area contributed by atoms with Crippen molar-refractivity contribution in [3.63, 3.8) is 0 Å². The van der Waals surface area contributed by atoms with Gasteiger partial charge in [0.25, 0.3) is 0 Å². The predicted octanol–water partition coefficient (Wildman–Crippen LogP) is 1.35. The fourth-order valence-electron chi connectivity index (χ4n) is 2.21. The van der Waals surface area contributed by atoms with Gasteiger partial charge in [0.15, 0.2) is 5.75 Å². The lowest BCUT2D eigenvalue weighted by Crippen LogP contribution is -2.40. The highest BCUT2D eigenvalue weighted by atomic mass is 16.5. The Hall–Kier alpha value is -1.75. The average Bonchev–Trinajstić information content (AvgIpc) is 2.37. The summed E-state index contributed by atoms with van der Waals surface area (Å²) in [5.74, 6) is -0.540. The maximum absolute atomic E-state index is 11.1. The van der Waals surface area contributed by atoms with E-state index in [0.29, 0.717) is 18.8 Å². The fourth-order valence-corrected chi connectivity index (χ4v) is 2.21. The summed E-state index contributed by atoms with van der Waals surface area (Å²) in [4.78, 5) is 13.1. The first kappa shape index (κ1) is 12.7. The number of para-hydroxylation sites is 1. The molecule has 1 unspecified atom stereocenters. The van der Waals surface area contributed by atoms with Crippen LogP contribution < -0.4 is 9.64 Å². The number of ether oxygens (including phenoxy) is 1. The third kappa shape index (κ3) is 2.26. The molecule has 1 aliphatic heterocycles. The van der Waals surface area contributed by atoms with Crippen molar-refractivity contribution in [3.05, 3.63) is 23.8 Å². The Morgan fingerprint density at radius 1 is 1.56 bits per heavy atom. The SMILES string of the molecule is CN1c2cccc(C(=O)O)c2OCC1CCCO. The standard InChI is InChI=1S/C13H17NO4/c1-14-9(4-3-7-15)8-18-12-10(13(16)17)5-2-6-11(12)14/h2,5-6,9,15H,3-4,7-8H2,1H3,(H,16,17). The van der Waals surface area contributed by atoms with Gasteiger partial charge in [-0.05, 0) is 25.0 Å². The molecule has 2 rings (SSSR count). The van der Waals surface area contributed by atoms with Crippen LogP contribution in [0.15, 0.2) is 18.2 Å². The second kappa shape index (κ2) is 5.27. The summed E-state index contributed by atoms with van der Waals surface area (Å²) in [5.41, 5.74) is 0.990. The molecule has 18 heavy (non-hydrogen) atoms. The molecule has 1 aromatic carbocycles. The number of carboxylic acids is 1. The normalized spacial score (nSPS) is 18.1. The quantitative estimate of drug-likeness (QED) is 0.845. The molecule has 1 atom stereocenters. The minimum absolute atomic E-state index is 0.159. The van der Waals surface area contributed by atoms with E-state index in [1.54, 1.807) is 12.1 Å². The van der Waals surface area contributed by atoms with Crippen molar-refractivity contribution >= 4 is 11.7 Å². The van der Waals surface area contributed by atoms with Crippen molar-refractivity contribution in [1.29, 1.82) is 0 Å². The Labute approximate surface area is 106 Å². The highest BCUT2D eigenvalue weighted by molar-refractivity contribution is 5.93. The maximum Gasteiger partial charge on any atom is 0.339 e. The lowest BCUT2D eigenvalue weighted by molar-refractivity contribution is 0.0691. The number of aliphatic hydroxyl groups excluding tert-OH is 1. The molecule has 0 amide bonds. The second-order valence-electron chi connectivity index (χ2n) is 4.40. The van der Waals surface area contributed by atoms with Gasteiger partial charge in [0, 0.05) is 13.7 Å². The summed E-state index contributed by atoms with van der Waals surface area (Å²) in [7, 11) is 1.93. The number of carboxylic acid groups (broad SMARTS) is 1. The molecule has 0 fully saturated rings. The van der Waals surface area contributed by atoms with Crippen LogP contribution in [0.3, 0.4) is 0 Å². The van der Waals surface area contributed by atoms with Crippen molar-refractivity contribution in [1.82, 2.24) is 0 Å². The summed E-state index contributed by atoms with van der Waals surface area (Å²) >= 11 is 0. The highest BCUT2D eigenvalue weighted by Gasteiger charge is 2.27. The topological polar surface area (TPSA) is 70.0 Å². The van der Waals surface area contributed by atoms with Crippen molar-refractivity contribution in [2.24, 2.45) is 0 Å². The molecular weight excluding hydrogens is 234 g/mol. The van der Waals surface area contributed by atoms with Gasteiger partial charge < -0.3 is 19.8 Å². The first-order valence-electron chi connectivity index (χ1n) is 5.98. The number of likely N-dealkylation sites (N-methyl/N-ethyl adjacent to an activating group) is 1. The smallest absolute Gasteiger partial charge is 0.339 e. The van der Waals surface area contributed by atoms with Crippen molar-refractivity contribution in [3.8, 4) is 5.75 Å². The van der Waals surface area contributed by atoms with E-state index >= 15 is 0 Å². The molecule has 0 bridgehead atoms. The molecule has 0 aliphatic carbocycles. The number of hydrogen-bond donors (Lipinski definition) is 2. The molecule has 0 saturated heterocycles. The minimum atomic E-state index is -0.978. The number of aliphatic hydroxyl groups is 1. The van der Waals surface area contributed by atoms with E-state index in [2.05, 4.69) is 0 Å². The van der Waals surface area contributed by atoms with Gasteiger partial charge in [-0.2, -0.15) is 0 Å². The van der Waals surface area contributed by atoms with Crippen molar-refractivity contribution in [2.75, 3.05) is 25.2 Å². The third-order valence-corrected chi connectivity index (χ3v) is 3.27. The van der Waals surface area contributed by atoms with E-state index in [-0.39, 0.29) is 18.2 Å². The third-order valence-electron chi connectivity index (χ3n) is 3.27. The van der Waals surface area contributed by atoms with Crippen LogP contribution in [-0.4, -0.2) is 42.5 Å². The zero-order valence-corrected chi connectivity index (χ0v) is 10.3. The number of rotatable bonds is 4. The average molecular weight is 251 g/mol. The van der Waals surface area contributed by atoms with Crippen molar-refractivity contribution in [2.45, 2.75) is 18.9 Å². The number of fused-ring (bicyclic) bond motifs is 1. The molecule has 0 saturated carbocycles. The molecular formula is C13H17NO4. The van der Waals surface area contributed by atoms with E-state index in [9.17, 15) is 4.79 Å². The largest absolute Gasteiger partial charge is 0.488 e. The molecule has 0 radical (unpaired) electrons. The Morgan fingerprint density at radius 3 is 3.00 bits per heavy atom. The summed E-state index contributed by atoms with van der Waals surface area (Å²) in [6, 6.07) is 5.29. The summed E-state index contributed by atoms with van der Waals surface area (Å²) < 4.78 is 5.59. The maximum atomic E-state index is 11.1. The van der Waals surface area contributed by atoms with Gasteiger partial charge in [-0.1, -0.05) is 6.07 Å². The molecule has 1 aliphatic rings. The van der Waals surface area contributed by atoms with Gasteiger partial charge >= 0.3 is 5.97 Å². The summed E-state index contributed by atoms with van der Waals surface area (Å²) in [5, 5.41) is 18.0. The Bertz CT molecular complexity index is 447. The van der Waals surface area contributed by atoms with Gasteiger partial charge in [0.2, 0.25) is 0 Å². The molecule has 98 valence electrons. The van der Waals surface area contributed by atoms with E-state index in [1.165, 1.54) is 0 Å². The van der Waals surface area contributed by atoms with Crippen LogP contribution in [0.2, 0.25) is 0 Å². The highest BCUT2D eigenvalue weighted by Crippen LogP contribution is 2.36. The van der Waals surface area contributed by atoms with Crippen LogP contribution >= 0.6 is 0 Å². The molecule has 1 heterocycles. The van der Waals surface area contributed by atoms with Crippen LogP contribution in [0.1, 0.15) is 23.2 Å². The monoisotopic (exact) mass is 251 g/mol. The fraction of sp³-hybridized carbons (Fsp3) is 0.462. The number of nitrogens with zero attached hydrogens (tertiary/aromatic N) is 1. The first-order chi connectivity index (χ1) is 8.65. The van der Waals surface area contributed by atoms with Crippen LogP contribution in [0.4, 0.5) is 5.69 Å². The molecule has 0 spiro atoms. The molecule has 0 aromatic heterocycles. The summed E-state index contributed by atoms with van der Waals surface area (Å²) in [6.07, 6.45) is 1.54. The minimum Gasteiger partial charge on any atom is -0.488 e. The van der Waals surface area contributed by atoms with E-state index in [1.807, 2.05) is 18.0 Å². The lowest BCUT2D eigenvalue weighted by Gasteiger charge is -2.36. The first-order valence-corrected chi connectivity index (χ1v) is 5.98.